The molecule has 8 nitrogen and oxygen atoms in total. The van der Waals surface area contributed by atoms with Crippen LogP contribution in [0.5, 0.6) is 0 Å². The number of carbonyl (C=O) groups excluding carboxylic acids is 3. The average molecular weight is 525 g/mol. The molecule has 1 fully saturated rings. The minimum atomic E-state index is -0.841. The molecule has 208 valence electrons. The predicted octanol–water partition coefficient (Wildman–Crippen LogP) is 2.63. The number of carbonyl (C=O) groups is 3. The molecule has 38 heavy (non-hydrogen) atoms. The summed E-state index contributed by atoms with van der Waals surface area (Å²) in [5.74, 6) is -0.289. The van der Waals surface area contributed by atoms with E-state index in [9.17, 15) is 19.5 Å². The third-order valence-corrected chi connectivity index (χ3v) is 6.79. The fourth-order valence-corrected chi connectivity index (χ4v) is 4.74. The molecular formula is C30H44N4O4. The maximum atomic E-state index is 13.4. The Morgan fingerprint density at radius 3 is 2.42 bits per heavy atom. The topological polar surface area (TPSA) is 111 Å². The molecule has 3 amide bonds. The standard InChI is InChI=1S/C30H44N4O4/c1-20(2)17-31-18-24(35)19-32-27(36)25(16-21-12-13-22-9-6-7-10-23(22)15-21)33-28(37)26-11-8-14-34(26)29(38)30(3,4)5/h6-7,9-10,12-13,15,20,24-26,31,35H,8,11,14,16-19H2,1-5H3,(H,32,36)(H,33,37)/t24-,25-,26+/m1/s1. The van der Waals surface area contributed by atoms with Crippen molar-refractivity contribution in [3.8, 4) is 0 Å². The lowest BCUT2D eigenvalue weighted by molar-refractivity contribution is -0.145. The monoisotopic (exact) mass is 524 g/mol. The summed E-state index contributed by atoms with van der Waals surface area (Å²) in [5, 5.41) is 21.4. The molecule has 1 saturated heterocycles. The molecule has 0 spiro atoms. The molecular weight excluding hydrogens is 480 g/mol. The van der Waals surface area contributed by atoms with Crippen molar-refractivity contribution in [1.29, 1.82) is 0 Å². The molecule has 8 heteroatoms. The summed E-state index contributed by atoms with van der Waals surface area (Å²) in [7, 11) is 0. The summed E-state index contributed by atoms with van der Waals surface area (Å²) in [6.07, 6.45) is 0.864. The molecule has 2 aromatic carbocycles. The second-order valence-electron chi connectivity index (χ2n) is 11.8. The van der Waals surface area contributed by atoms with Gasteiger partial charge < -0.3 is 26.0 Å². The highest BCUT2D eigenvalue weighted by molar-refractivity contribution is 5.93. The van der Waals surface area contributed by atoms with Crippen LogP contribution in [0.2, 0.25) is 0 Å². The minimum absolute atomic E-state index is 0.0669. The molecule has 1 aliphatic heterocycles. The van der Waals surface area contributed by atoms with Gasteiger partial charge in [-0.2, -0.15) is 0 Å². The normalized spacial score (nSPS) is 17.4. The van der Waals surface area contributed by atoms with Crippen LogP contribution >= 0.6 is 0 Å². The van der Waals surface area contributed by atoms with Crippen LogP contribution < -0.4 is 16.0 Å². The Morgan fingerprint density at radius 2 is 1.74 bits per heavy atom. The van der Waals surface area contributed by atoms with E-state index >= 15 is 0 Å². The van der Waals surface area contributed by atoms with E-state index in [0.717, 1.165) is 29.3 Å². The lowest BCUT2D eigenvalue weighted by Gasteiger charge is -2.31. The quantitative estimate of drug-likeness (QED) is 0.361. The van der Waals surface area contributed by atoms with Crippen LogP contribution in [0.15, 0.2) is 42.5 Å². The van der Waals surface area contributed by atoms with Gasteiger partial charge in [-0.15, -0.1) is 0 Å². The number of likely N-dealkylation sites (tertiary alicyclic amines) is 1. The van der Waals surface area contributed by atoms with Crippen molar-refractivity contribution in [3.63, 3.8) is 0 Å². The number of fused-ring (bicyclic) bond motifs is 1. The number of aliphatic hydroxyl groups is 1. The molecule has 0 radical (unpaired) electrons. The van der Waals surface area contributed by atoms with Crippen LogP contribution in [0.1, 0.15) is 53.0 Å². The van der Waals surface area contributed by atoms with Gasteiger partial charge in [-0.1, -0.05) is 77.1 Å². The van der Waals surface area contributed by atoms with Crippen LogP contribution in [0, 0.1) is 11.3 Å². The van der Waals surface area contributed by atoms with E-state index < -0.39 is 23.6 Å². The Balaban J connectivity index is 1.73. The second kappa shape index (κ2) is 13.2. The number of benzene rings is 2. The Bertz CT molecular complexity index is 1110. The summed E-state index contributed by atoms with van der Waals surface area (Å²) >= 11 is 0. The molecule has 3 rings (SSSR count). The van der Waals surface area contributed by atoms with Crippen LogP contribution in [-0.4, -0.2) is 72.1 Å². The van der Waals surface area contributed by atoms with Crippen molar-refractivity contribution < 1.29 is 19.5 Å². The smallest absolute Gasteiger partial charge is 0.243 e. The number of nitrogens with one attached hydrogen (secondary N) is 3. The van der Waals surface area contributed by atoms with E-state index in [1.54, 1.807) is 4.90 Å². The molecule has 2 aromatic rings. The van der Waals surface area contributed by atoms with E-state index in [1.807, 2.05) is 63.2 Å². The zero-order chi connectivity index (χ0) is 27.9. The van der Waals surface area contributed by atoms with Crippen LogP contribution in [0.25, 0.3) is 10.8 Å². The molecule has 3 atom stereocenters. The molecule has 0 bridgehead atoms. The minimum Gasteiger partial charge on any atom is -0.390 e. The number of rotatable bonds is 11. The van der Waals surface area contributed by atoms with Gasteiger partial charge in [0.15, 0.2) is 0 Å². The summed E-state index contributed by atoms with van der Waals surface area (Å²) in [4.78, 5) is 41.3. The van der Waals surface area contributed by atoms with Crippen LogP contribution in [-0.2, 0) is 20.8 Å². The van der Waals surface area contributed by atoms with Crippen LogP contribution in [0.3, 0.4) is 0 Å². The van der Waals surface area contributed by atoms with E-state index in [2.05, 4.69) is 29.8 Å². The molecule has 0 saturated carbocycles. The summed E-state index contributed by atoms with van der Waals surface area (Å²) in [6, 6.07) is 12.5. The van der Waals surface area contributed by atoms with Gasteiger partial charge >= 0.3 is 0 Å². The SMILES string of the molecule is CC(C)CNC[C@@H](O)CNC(=O)[C@@H](Cc1ccc2ccccc2c1)NC(=O)[C@@H]1CCCN1C(=O)C(C)(C)C. The molecule has 0 unspecified atom stereocenters. The number of aliphatic hydroxyl groups excluding tert-OH is 1. The van der Waals surface area contributed by atoms with Gasteiger partial charge in [-0.25, -0.2) is 0 Å². The fraction of sp³-hybridized carbons (Fsp3) is 0.567. The lowest BCUT2D eigenvalue weighted by Crippen LogP contribution is -2.55. The van der Waals surface area contributed by atoms with Crippen LogP contribution in [0.4, 0.5) is 0 Å². The van der Waals surface area contributed by atoms with Crippen molar-refractivity contribution in [2.45, 2.75) is 72.1 Å². The summed E-state index contributed by atoms with van der Waals surface area (Å²) in [5.41, 5.74) is 0.321. The van der Waals surface area contributed by atoms with Gasteiger partial charge in [-0.3, -0.25) is 14.4 Å². The zero-order valence-corrected chi connectivity index (χ0v) is 23.4. The number of hydrogen-bond donors (Lipinski definition) is 4. The van der Waals surface area contributed by atoms with Crippen molar-refractivity contribution in [1.82, 2.24) is 20.9 Å². The average Bonchev–Trinajstić information content (AvgIpc) is 3.35. The van der Waals surface area contributed by atoms with E-state index in [1.165, 1.54) is 0 Å². The third kappa shape index (κ3) is 8.27. The first kappa shape index (κ1) is 29.6. The van der Waals surface area contributed by atoms with Gasteiger partial charge in [-0.05, 0) is 41.6 Å². The van der Waals surface area contributed by atoms with Crippen molar-refractivity contribution in [3.05, 3.63) is 48.0 Å². The second-order valence-corrected chi connectivity index (χ2v) is 11.8. The first-order valence-electron chi connectivity index (χ1n) is 13.7. The van der Waals surface area contributed by atoms with Gasteiger partial charge in [0.2, 0.25) is 17.7 Å². The lowest BCUT2D eigenvalue weighted by atomic mass is 9.94. The van der Waals surface area contributed by atoms with E-state index in [-0.39, 0.29) is 24.3 Å². The summed E-state index contributed by atoms with van der Waals surface area (Å²) in [6.45, 7) is 11.5. The highest BCUT2D eigenvalue weighted by Crippen LogP contribution is 2.26. The van der Waals surface area contributed by atoms with Gasteiger partial charge in [0.25, 0.3) is 0 Å². The molecule has 1 heterocycles. The Morgan fingerprint density at radius 1 is 1.03 bits per heavy atom. The molecule has 0 aromatic heterocycles. The maximum Gasteiger partial charge on any atom is 0.243 e. The van der Waals surface area contributed by atoms with Crippen molar-refractivity contribution >= 4 is 28.5 Å². The van der Waals surface area contributed by atoms with Crippen molar-refractivity contribution in [2.75, 3.05) is 26.2 Å². The first-order chi connectivity index (χ1) is 18.0. The fourth-order valence-electron chi connectivity index (χ4n) is 4.74. The number of hydrogen-bond acceptors (Lipinski definition) is 5. The number of amides is 3. The first-order valence-corrected chi connectivity index (χ1v) is 13.7. The molecule has 0 aliphatic carbocycles. The molecule has 1 aliphatic rings. The Hall–Kier alpha value is -2.97. The van der Waals surface area contributed by atoms with Gasteiger partial charge in [0, 0.05) is 31.5 Å². The highest BCUT2D eigenvalue weighted by Gasteiger charge is 2.39. The van der Waals surface area contributed by atoms with Gasteiger partial charge in [0.1, 0.15) is 12.1 Å². The number of nitrogens with zero attached hydrogens (tertiary/aromatic N) is 1. The van der Waals surface area contributed by atoms with E-state index in [0.29, 0.717) is 31.8 Å². The van der Waals surface area contributed by atoms with E-state index in [4.69, 9.17) is 0 Å². The Kier molecular flexibility index (Phi) is 10.3. The summed E-state index contributed by atoms with van der Waals surface area (Å²) < 4.78 is 0. The van der Waals surface area contributed by atoms with Crippen molar-refractivity contribution in [2.24, 2.45) is 11.3 Å². The maximum absolute atomic E-state index is 13.4. The third-order valence-electron chi connectivity index (χ3n) is 6.79. The highest BCUT2D eigenvalue weighted by atomic mass is 16.3. The predicted molar refractivity (Wildman–Crippen MR) is 150 cm³/mol. The molecule has 4 N–H and O–H groups in total. The largest absolute Gasteiger partial charge is 0.390 e. The van der Waals surface area contributed by atoms with Gasteiger partial charge in [0.05, 0.1) is 6.10 Å². The Labute approximate surface area is 226 Å². The zero-order valence-electron chi connectivity index (χ0n) is 23.4.